The van der Waals surface area contributed by atoms with E-state index in [1.54, 1.807) is 13.8 Å². The Morgan fingerprint density at radius 3 is 1.95 bits per heavy atom. The van der Waals surface area contributed by atoms with Gasteiger partial charge in [0.25, 0.3) is 0 Å². The Morgan fingerprint density at radius 1 is 0.886 bits per heavy atom. The Kier molecular flexibility index (Phi) is 16.0. The van der Waals surface area contributed by atoms with Gasteiger partial charge in [0.15, 0.2) is 0 Å². The number of primary amides is 1. The van der Waals surface area contributed by atoms with Crippen molar-refractivity contribution in [2.24, 2.45) is 29.4 Å². The summed E-state index contributed by atoms with van der Waals surface area (Å²) in [5.74, 6) is -2.48. The van der Waals surface area contributed by atoms with Crippen LogP contribution in [0.4, 0.5) is 0 Å². The van der Waals surface area contributed by atoms with E-state index in [2.05, 4.69) is 10.1 Å². The van der Waals surface area contributed by atoms with E-state index in [-0.39, 0.29) is 36.8 Å². The largest absolute Gasteiger partial charge is 0.393 e. The van der Waals surface area contributed by atoms with Gasteiger partial charge in [0.05, 0.1) is 23.5 Å². The van der Waals surface area contributed by atoms with Crippen LogP contribution in [0, 0.1) is 23.7 Å². The average Bonchev–Trinajstić information content (AvgIpc) is 2.96. The number of rotatable bonds is 18. The average molecular weight is 646 g/mol. The SMILES string of the molecule is CCCN(CC(O)C(CC1CCC(O)CC1)NC(=O)C1CC(C(N)=O)CC(C(=O)N(CCC)CCC)C1)NS(=O)(=O)C(C)C. The number of nitrogens with zero attached hydrogens (tertiary/aromatic N) is 2. The van der Waals surface area contributed by atoms with E-state index in [4.69, 9.17) is 5.73 Å². The summed E-state index contributed by atoms with van der Waals surface area (Å²) in [6, 6.07) is -0.689. The normalized spacial score (nSPS) is 25.9. The Balaban J connectivity index is 2.27. The molecule has 13 heteroatoms. The number of carbonyl (C=O) groups is 3. The number of aliphatic hydroxyl groups is 2. The molecule has 2 saturated carbocycles. The van der Waals surface area contributed by atoms with Crippen LogP contribution in [0.3, 0.4) is 0 Å². The molecule has 3 amide bonds. The fourth-order valence-corrected chi connectivity index (χ4v) is 7.27. The monoisotopic (exact) mass is 645 g/mol. The number of nitrogens with two attached hydrogens (primary N) is 1. The first-order chi connectivity index (χ1) is 20.7. The molecule has 2 aliphatic carbocycles. The topological polar surface area (TPSA) is 182 Å². The second-order valence-corrected chi connectivity index (χ2v) is 15.5. The van der Waals surface area contributed by atoms with Crippen molar-refractivity contribution >= 4 is 27.7 Å². The van der Waals surface area contributed by atoms with Crippen molar-refractivity contribution in [3.8, 4) is 0 Å². The van der Waals surface area contributed by atoms with E-state index in [0.29, 0.717) is 58.2 Å². The van der Waals surface area contributed by atoms with Gasteiger partial charge in [0, 0.05) is 43.9 Å². The van der Waals surface area contributed by atoms with Gasteiger partial charge < -0.3 is 26.2 Å². The van der Waals surface area contributed by atoms with Crippen LogP contribution in [-0.4, -0.2) is 95.9 Å². The van der Waals surface area contributed by atoms with Crippen molar-refractivity contribution in [2.75, 3.05) is 26.2 Å². The van der Waals surface area contributed by atoms with E-state index < -0.39 is 51.1 Å². The molecule has 6 N–H and O–H groups in total. The minimum Gasteiger partial charge on any atom is -0.393 e. The smallest absolute Gasteiger partial charge is 0.226 e. The lowest BCUT2D eigenvalue weighted by molar-refractivity contribution is -0.141. The molecule has 5 atom stereocenters. The van der Waals surface area contributed by atoms with Gasteiger partial charge in [-0.05, 0) is 90.4 Å². The molecule has 0 aliphatic heterocycles. The minimum absolute atomic E-state index is 0.0290. The molecule has 0 aromatic heterocycles. The molecular weight excluding hydrogens is 586 g/mol. The highest BCUT2D eigenvalue weighted by atomic mass is 32.2. The summed E-state index contributed by atoms with van der Waals surface area (Å²) in [5, 5.41) is 25.3. The van der Waals surface area contributed by atoms with Gasteiger partial charge in [0.1, 0.15) is 0 Å². The van der Waals surface area contributed by atoms with E-state index in [0.717, 1.165) is 25.7 Å². The molecule has 0 spiro atoms. The maximum atomic E-state index is 13.8. The molecule has 0 aromatic rings. The van der Waals surface area contributed by atoms with E-state index in [1.807, 2.05) is 25.7 Å². The van der Waals surface area contributed by atoms with Crippen molar-refractivity contribution in [1.82, 2.24) is 20.1 Å². The molecule has 0 heterocycles. The highest BCUT2D eigenvalue weighted by Gasteiger charge is 2.41. The fourth-order valence-electron chi connectivity index (χ4n) is 6.53. The second kappa shape index (κ2) is 18.4. The first kappa shape index (κ1) is 38.4. The van der Waals surface area contributed by atoms with Gasteiger partial charge >= 0.3 is 0 Å². The highest BCUT2D eigenvalue weighted by molar-refractivity contribution is 7.90. The van der Waals surface area contributed by atoms with E-state index >= 15 is 0 Å². The van der Waals surface area contributed by atoms with Crippen LogP contribution in [0.15, 0.2) is 0 Å². The van der Waals surface area contributed by atoms with E-state index in [1.165, 1.54) is 5.01 Å². The summed E-state index contributed by atoms with van der Waals surface area (Å²) in [4.78, 5) is 44.0. The summed E-state index contributed by atoms with van der Waals surface area (Å²) in [5.41, 5.74) is 5.71. The predicted octanol–water partition coefficient (Wildman–Crippen LogP) is 1.89. The van der Waals surface area contributed by atoms with Crippen LogP contribution >= 0.6 is 0 Å². The number of amides is 3. The lowest BCUT2D eigenvalue weighted by Crippen LogP contribution is -2.55. The number of hydrogen-bond acceptors (Lipinski definition) is 8. The fraction of sp³-hybridized carbons (Fsp3) is 0.903. The summed E-state index contributed by atoms with van der Waals surface area (Å²) in [6.45, 7) is 10.6. The lowest BCUT2D eigenvalue weighted by Gasteiger charge is -2.37. The standard InChI is InChI=1S/C31H59N5O7S/c1-6-13-35(14-7-2)31(41)25-18-23(29(32)39)17-24(19-25)30(40)33-27(16-22-9-11-26(37)12-10-22)28(38)20-36(15-8-3)34-44(42,43)21(4)5/h21-28,34,37-38H,6-20H2,1-5H3,(H2,32,39)(H,33,40). The third-order valence-electron chi connectivity index (χ3n) is 9.10. The van der Waals surface area contributed by atoms with Crippen LogP contribution in [0.25, 0.3) is 0 Å². The lowest BCUT2D eigenvalue weighted by atomic mass is 9.73. The number of hydrazine groups is 1. The van der Waals surface area contributed by atoms with Crippen molar-refractivity contribution in [3.63, 3.8) is 0 Å². The molecule has 5 unspecified atom stereocenters. The van der Waals surface area contributed by atoms with Gasteiger partial charge in [-0.2, -0.15) is 0 Å². The molecular formula is C31H59N5O7S. The quantitative estimate of drug-likeness (QED) is 0.140. The maximum absolute atomic E-state index is 13.8. The van der Waals surface area contributed by atoms with Crippen LogP contribution in [0.5, 0.6) is 0 Å². The number of sulfonamides is 1. The Labute approximate surface area is 264 Å². The zero-order valence-electron chi connectivity index (χ0n) is 27.5. The van der Waals surface area contributed by atoms with Crippen LogP contribution in [-0.2, 0) is 24.4 Å². The molecule has 2 fully saturated rings. The zero-order valence-corrected chi connectivity index (χ0v) is 28.4. The zero-order chi connectivity index (χ0) is 33.0. The molecule has 12 nitrogen and oxygen atoms in total. The summed E-state index contributed by atoms with van der Waals surface area (Å²) >= 11 is 0. The molecule has 0 bridgehead atoms. The van der Waals surface area contributed by atoms with Gasteiger partial charge in [-0.1, -0.05) is 20.8 Å². The Morgan fingerprint density at radius 2 is 1.43 bits per heavy atom. The third kappa shape index (κ3) is 11.9. The summed E-state index contributed by atoms with van der Waals surface area (Å²) < 4.78 is 25.2. The van der Waals surface area contributed by atoms with Crippen molar-refractivity contribution in [3.05, 3.63) is 0 Å². The van der Waals surface area contributed by atoms with Gasteiger partial charge in [0.2, 0.25) is 27.7 Å². The van der Waals surface area contributed by atoms with Gasteiger partial charge in [-0.25, -0.2) is 13.4 Å². The number of nitrogens with one attached hydrogen (secondary N) is 2. The highest BCUT2D eigenvalue weighted by Crippen LogP contribution is 2.35. The molecule has 0 radical (unpaired) electrons. The predicted molar refractivity (Wildman–Crippen MR) is 170 cm³/mol. The third-order valence-corrected chi connectivity index (χ3v) is 10.9. The first-order valence-electron chi connectivity index (χ1n) is 16.7. The number of carbonyl (C=O) groups excluding carboxylic acids is 3. The molecule has 0 aromatic carbocycles. The van der Waals surface area contributed by atoms with Crippen LogP contribution in [0.2, 0.25) is 0 Å². The summed E-state index contributed by atoms with van der Waals surface area (Å²) in [6.07, 6.45) is 4.95. The number of hydrogen-bond donors (Lipinski definition) is 5. The number of aliphatic hydroxyl groups excluding tert-OH is 2. The van der Waals surface area contributed by atoms with Crippen LogP contribution < -0.4 is 15.9 Å². The Hall–Kier alpha value is -1.80. The molecule has 256 valence electrons. The van der Waals surface area contributed by atoms with Gasteiger partial charge in [-0.3, -0.25) is 14.4 Å². The second-order valence-electron chi connectivity index (χ2n) is 13.2. The van der Waals surface area contributed by atoms with Crippen molar-refractivity contribution < 1.29 is 33.0 Å². The molecule has 2 aliphatic rings. The summed E-state index contributed by atoms with van der Waals surface area (Å²) in [7, 11) is -3.64. The molecule has 2 rings (SSSR count). The molecule has 44 heavy (non-hydrogen) atoms. The first-order valence-corrected chi connectivity index (χ1v) is 18.3. The van der Waals surface area contributed by atoms with Gasteiger partial charge in [-0.15, -0.1) is 4.83 Å². The molecule has 0 saturated heterocycles. The van der Waals surface area contributed by atoms with Crippen molar-refractivity contribution in [2.45, 2.75) is 129 Å². The maximum Gasteiger partial charge on any atom is 0.226 e. The minimum atomic E-state index is -3.64. The van der Waals surface area contributed by atoms with E-state index in [9.17, 15) is 33.0 Å². The Bertz CT molecular complexity index is 1010. The van der Waals surface area contributed by atoms with Crippen molar-refractivity contribution in [1.29, 1.82) is 0 Å². The van der Waals surface area contributed by atoms with Crippen LogP contribution in [0.1, 0.15) is 105 Å².